The molecule has 1 aliphatic heterocycles. The summed E-state index contributed by atoms with van der Waals surface area (Å²) in [4.78, 5) is 33.0. The van der Waals surface area contributed by atoms with Gasteiger partial charge in [-0.15, -0.1) is 0 Å². The third-order valence-corrected chi connectivity index (χ3v) is 5.78. The first-order valence-corrected chi connectivity index (χ1v) is 10.1. The molecule has 0 N–H and O–H groups in total. The van der Waals surface area contributed by atoms with E-state index in [4.69, 9.17) is 11.6 Å². The highest BCUT2D eigenvalue weighted by atomic mass is 35.5. The van der Waals surface area contributed by atoms with Crippen LogP contribution in [0.5, 0.6) is 0 Å². The van der Waals surface area contributed by atoms with Crippen LogP contribution in [0.15, 0.2) is 58.1 Å². The summed E-state index contributed by atoms with van der Waals surface area (Å²) in [5.74, 6) is 0.646. The Labute approximate surface area is 177 Å². The van der Waals surface area contributed by atoms with E-state index < -0.39 is 0 Å². The van der Waals surface area contributed by atoms with Crippen molar-refractivity contribution in [2.45, 2.75) is 20.0 Å². The number of halogens is 1. The summed E-state index contributed by atoms with van der Waals surface area (Å²) in [7, 11) is 1.66. The molecule has 0 fully saturated rings. The normalized spacial score (nSPS) is 13.2. The summed E-state index contributed by atoms with van der Waals surface area (Å²) in [5.41, 5.74) is 3.05. The van der Waals surface area contributed by atoms with Gasteiger partial charge in [0.05, 0.1) is 6.54 Å². The number of fused-ring (bicyclic) bond motifs is 3. The van der Waals surface area contributed by atoms with Crippen LogP contribution >= 0.6 is 11.6 Å². The van der Waals surface area contributed by atoms with Crippen molar-refractivity contribution >= 4 is 34.4 Å². The number of aryl methyl sites for hydroxylation is 2. The van der Waals surface area contributed by atoms with Crippen LogP contribution in [0.1, 0.15) is 11.1 Å². The van der Waals surface area contributed by atoms with Crippen molar-refractivity contribution in [2.24, 2.45) is 7.05 Å². The van der Waals surface area contributed by atoms with Gasteiger partial charge in [0, 0.05) is 30.8 Å². The van der Waals surface area contributed by atoms with Crippen LogP contribution in [0.2, 0.25) is 5.02 Å². The Kier molecular flexibility index (Phi) is 4.29. The van der Waals surface area contributed by atoms with Crippen LogP contribution in [-0.2, 0) is 20.1 Å². The Morgan fingerprint density at radius 2 is 1.87 bits per heavy atom. The molecule has 0 unspecified atom stereocenters. The quantitative estimate of drug-likeness (QED) is 0.510. The molecule has 4 aromatic rings. The van der Waals surface area contributed by atoms with Gasteiger partial charge in [-0.05, 0) is 30.7 Å². The van der Waals surface area contributed by atoms with Crippen molar-refractivity contribution in [1.29, 1.82) is 0 Å². The lowest BCUT2D eigenvalue weighted by Gasteiger charge is -2.16. The lowest BCUT2D eigenvalue weighted by Crippen LogP contribution is -2.40. The van der Waals surface area contributed by atoms with Gasteiger partial charge in [-0.1, -0.05) is 47.5 Å². The number of rotatable bonds is 3. The molecule has 5 rings (SSSR count). The molecule has 30 heavy (non-hydrogen) atoms. The first kappa shape index (κ1) is 18.7. The van der Waals surface area contributed by atoms with Crippen LogP contribution in [-0.4, -0.2) is 25.2 Å². The second-order valence-electron chi connectivity index (χ2n) is 7.59. The predicted molar refractivity (Wildman–Crippen MR) is 118 cm³/mol. The van der Waals surface area contributed by atoms with Gasteiger partial charge >= 0.3 is 5.69 Å². The number of imidazole rings is 1. The number of benzene rings is 2. The molecule has 0 atom stereocenters. The van der Waals surface area contributed by atoms with Crippen LogP contribution in [0, 0.1) is 6.92 Å². The van der Waals surface area contributed by atoms with Crippen LogP contribution < -0.4 is 16.1 Å². The lowest BCUT2D eigenvalue weighted by atomic mass is 10.1. The largest absolute Gasteiger partial charge is 0.332 e. The van der Waals surface area contributed by atoms with E-state index in [2.05, 4.69) is 4.98 Å². The molecule has 2 aromatic heterocycles. The number of anilines is 2. The number of aromatic nitrogens is 4. The summed E-state index contributed by atoms with van der Waals surface area (Å²) in [6, 6.07) is 15.3. The summed E-state index contributed by atoms with van der Waals surface area (Å²) in [6.07, 6.45) is 0. The van der Waals surface area contributed by atoms with Crippen molar-refractivity contribution < 1.29 is 0 Å². The fraction of sp³-hybridized carbons (Fsp3) is 0.227. The second-order valence-corrected chi connectivity index (χ2v) is 8.03. The molecule has 0 radical (unpaired) electrons. The van der Waals surface area contributed by atoms with Gasteiger partial charge in [0.25, 0.3) is 5.56 Å². The molecule has 0 saturated carbocycles. The van der Waals surface area contributed by atoms with E-state index in [0.29, 0.717) is 35.2 Å². The fourth-order valence-electron chi connectivity index (χ4n) is 4.10. The highest BCUT2D eigenvalue weighted by molar-refractivity contribution is 6.30. The third kappa shape index (κ3) is 2.85. The minimum absolute atomic E-state index is 0.224. The van der Waals surface area contributed by atoms with E-state index in [0.717, 1.165) is 16.8 Å². The Morgan fingerprint density at radius 3 is 2.63 bits per heavy atom. The molecule has 7 nitrogen and oxygen atoms in total. The summed E-state index contributed by atoms with van der Waals surface area (Å²) < 4.78 is 4.63. The lowest BCUT2D eigenvalue weighted by molar-refractivity contribution is 0.652. The summed E-state index contributed by atoms with van der Waals surface area (Å²) in [6.45, 7) is 3.50. The molecular formula is C22H20ClN5O2. The standard InChI is InChI=1S/C22H20ClN5O2/c1-14-5-3-6-15(11-14)13-28-20(29)18-19(25(2)22(28)30)24-21-26(9-10-27(18)21)17-8-4-7-16(23)12-17/h3-8,11-12H,9-10,13H2,1-2H3. The van der Waals surface area contributed by atoms with Gasteiger partial charge < -0.3 is 9.47 Å². The van der Waals surface area contributed by atoms with Crippen molar-refractivity contribution in [2.75, 3.05) is 11.4 Å². The minimum Gasteiger partial charge on any atom is -0.310 e. The molecule has 8 heteroatoms. The minimum atomic E-state index is -0.375. The fourth-order valence-corrected chi connectivity index (χ4v) is 4.28. The molecular weight excluding hydrogens is 402 g/mol. The maximum atomic E-state index is 13.4. The smallest absolute Gasteiger partial charge is 0.310 e. The summed E-state index contributed by atoms with van der Waals surface area (Å²) in [5, 5.41) is 0.634. The average Bonchev–Trinajstić information content (AvgIpc) is 3.29. The Bertz CT molecular complexity index is 1420. The zero-order chi connectivity index (χ0) is 21.0. The topological polar surface area (TPSA) is 65.1 Å². The molecule has 0 amide bonds. The second kappa shape index (κ2) is 6.88. The van der Waals surface area contributed by atoms with Gasteiger partial charge in [-0.3, -0.25) is 13.9 Å². The van der Waals surface area contributed by atoms with E-state index in [1.165, 1.54) is 9.13 Å². The molecule has 0 aliphatic carbocycles. The number of hydrogen-bond acceptors (Lipinski definition) is 4. The number of hydrogen-bond donors (Lipinski definition) is 0. The first-order chi connectivity index (χ1) is 14.4. The highest BCUT2D eigenvalue weighted by Gasteiger charge is 2.28. The molecule has 2 aromatic carbocycles. The highest BCUT2D eigenvalue weighted by Crippen LogP contribution is 2.32. The van der Waals surface area contributed by atoms with Gasteiger partial charge in [-0.25, -0.2) is 4.79 Å². The maximum Gasteiger partial charge on any atom is 0.332 e. The van der Waals surface area contributed by atoms with E-state index in [1.807, 2.05) is 64.9 Å². The molecule has 0 saturated heterocycles. The maximum absolute atomic E-state index is 13.4. The van der Waals surface area contributed by atoms with Crippen LogP contribution in [0.25, 0.3) is 11.2 Å². The molecule has 3 heterocycles. The van der Waals surface area contributed by atoms with E-state index in [9.17, 15) is 9.59 Å². The van der Waals surface area contributed by atoms with Gasteiger partial charge in [0.1, 0.15) is 0 Å². The van der Waals surface area contributed by atoms with Crippen molar-refractivity contribution in [3.8, 4) is 0 Å². The predicted octanol–water partition coefficient (Wildman–Crippen LogP) is 3.06. The third-order valence-electron chi connectivity index (χ3n) is 5.54. The van der Waals surface area contributed by atoms with Crippen LogP contribution in [0.4, 0.5) is 11.6 Å². The monoisotopic (exact) mass is 421 g/mol. The Balaban J connectivity index is 1.68. The molecule has 152 valence electrons. The molecule has 0 bridgehead atoms. The van der Waals surface area contributed by atoms with E-state index >= 15 is 0 Å². The zero-order valence-corrected chi connectivity index (χ0v) is 17.4. The number of nitrogens with zero attached hydrogens (tertiary/aromatic N) is 5. The van der Waals surface area contributed by atoms with E-state index in [-0.39, 0.29) is 17.8 Å². The average molecular weight is 422 g/mol. The van der Waals surface area contributed by atoms with E-state index in [1.54, 1.807) is 7.05 Å². The summed E-state index contributed by atoms with van der Waals surface area (Å²) >= 11 is 6.16. The van der Waals surface area contributed by atoms with Gasteiger partial charge in [0.15, 0.2) is 11.2 Å². The van der Waals surface area contributed by atoms with Crippen molar-refractivity contribution in [1.82, 2.24) is 18.7 Å². The van der Waals surface area contributed by atoms with Gasteiger partial charge in [0.2, 0.25) is 5.95 Å². The van der Waals surface area contributed by atoms with Crippen molar-refractivity contribution in [3.63, 3.8) is 0 Å². The van der Waals surface area contributed by atoms with Crippen molar-refractivity contribution in [3.05, 3.63) is 85.5 Å². The molecule has 1 aliphatic rings. The first-order valence-electron chi connectivity index (χ1n) is 9.73. The SMILES string of the molecule is Cc1cccc(Cn2c(=O)c3c(nc4n3CCN4c3cccc(Cl)c3)n(C)c2=O)c1. The van der Waals surface area contributed by atoms with Gasteiger partial charge in [-0.2, -0.15) is 4.98 Å². The Hall–Kier alpha value is -3.32. The molecule has 0 spiro atoms. The zero-order valence-electron chi connectivity index (χ0n) is 16.7. The Morgan fingerprint density at radius 1 is 1.07 bits per heavy atom. The van der Waals surface area contributed by atoms with Crippen LogP contribution in [0.3, 0.4) is 0 Å².